The second kappa shape index (κ2) is 7.34. The van der Waals surface area contributed by atoms with E-state index in [2.05, 4.69) is 55.8 Å². The number of para-hydroxylation sites is 1. The zero-order valence-corrected chi connectivity index (χ0v) is 12.0. The van der Waals surface area contributed by atoms with Crippen molar-refractivity contribution in [3.63, 3.8) is 0 Å². The Morgan fingerprint density at radius 2 is 1.35 bits per heavy atom. The monoisotopic (exact) mass is 272 g/mol. The highest BCUT2D eigenvalue weighted by Gasteiger charge is 2.11. The lowest BCUT2D eigenvalue weighted by atomic mass is 9.87. The standard InChI is InChI=1S/C10H14.C7H6O3/c1-10(2,3)9-7-5-4-6-8-9;8-7(9)10-6-4-2-1-3-5-6/h4-8H,1-3H3;1-5H,(H,8,9). The highest BCUT2D eigenvalue weighted by molar-refractivity contribution is 5.60. The molecule has 0 bridgehead atoms. The summed E-state index contributed by atoms with van der Waals surface area (Å²) in [6.07, 6.45) is -1.29. The van der Waals surface area contributed by atoms with Gasteiger partial charge in [0.1, 0.15) is 5.75 Å². The van der Waals surface area contributed by atoms with Crippen molar-refractivity contribution in [1.82, 2.24) is 0 Å². The Morgan fingerprint density at radius 1 is 0.900 bits per heavy atom. The van der Waals surface area contributed by atoms with Crippen LogP contribution in [0.5, 0.6) is 5.75 Å². The molecule has 0 heterocycles. The Labute approximate surface area is 119 Å². The van der Waals surface area contributed by atoms with Gasteiger partial charge in [-0.15, -0.1) is 0 Å². The maximum atomic E-state index is 9.95. The van der Waals surface area contributed by atoms with Crippen LogP contribution in [0.1, 0.15) is 26.3 Å². The Bertz CT molecular complexity index is 513. The van der Waals surface area contributed by atoms with Gasteiger partial charge >= 0.3 is 6.16 Å². The molecule has 0 amide bonds. The molecular formula is C17H20O3. The lowest BCUT2D eigenvalue weighted by Gasteiger charge is -2.18. The molecule has 0 unspecified atom stereocenters. The van der Waals surface area contributed by atoms with Crippen LogP contribution in [-0.4, -0.2) is 11.3 Å². The Kier molecular flexibility index (Phi) is 5.78. The van der Waals surface area contributed by atoms with Crippen LogP contribution in [0.4, 0.5) is 4.79 Å². The molecule has 0 aromatic heterocycles. The van der Waals surface area contributed by atoms with Crippen molar-refractivity contribution in [3.8, 4) is 5.75 Å². The summed E-state index contributed by atoms with van der Waals surface area (Å²) in [5.74, 6) is 0.343. The van der Waals surface area contributed by atoms with Gasteiger partial charge in [-0.25, -0.2) is 4.79 Å². The summed E-state index contributed by atoms with van der Waals surface area (Å²) in [5, 5.41) is 8.14. The molecule has 0 spiro atoms. The highest BCUT2D eigenvalue weighted by Crippen LogP contribution is 2.20. The van der Waals surface area contributed by atoms with Gasteiger partial charge < -0.3 is 9.84 Å². The van der Waals surface area contributed by atoms with E-state index < -0.39 is 6.16 Å². The first kappa shape index (κ1) is 15.8. The quantitative estimate of drug-likeness (QED) is 0.603. The zero-order chi connectivity index (χ0) is 15.0. The summed E-state index contributed by atoms with van der Waals surface area (Å²) in [5.41, 5.74) is 1.69. The average molecular weight is 272 g/mol. The van der Waals surface area contributed by atoms with Crippen molar-refractivity contribution >= 4 is 6.16 Å². The van der Waals surface area contributed by atoms with Crippen LogP contribution >= 0.6 is 0 Å². The van der Waals surface area contributed by atoms with Crippen molar-refractivity contribution in [1.29, 1.82) is 0 Å². The third-order valence-electron chi connectivity index (χ3n) is 2.59. The van der Waals surface area contributed by atoms with Crippen LogP contribution in [-0.2, 0) is 5.41 Å². The topological polar surface area (TPSA) is 46.5 Å². The van der Waals surface area contributed by atoms with E-state index in [1.807, 2.05) is 0 Å². The SMILES string of the molecule is CC(C)(C)c1ccccc1.O=C(O)Oc1ccccc1. The number of benzene rings is 2. The van der Waals surface area contributed by atoms with Crippen molar-refractivity contribution in [3.05, 3.63) is 66.2 Å². The molecule has 3 heteroatoms. The molecule has 2 aromatic carbocycles. The third-order valence-corrected chi connectivity index (χ3v) is 2.59. The number of ether oxygens (including phenoxy) is 1. The van der Waals surface area contributed by atoms with Gasteiger partial charge in [0.2, 0.25) is 0 Å². The van der Waals surface area contributed by atoms with E-state index in [1.54, 1.807) is 30.3 Å². The molecule has 0 radical (unpaired) electrons. The predicted octanol–water partition coefficient (Wildman–Crippen LogP) is 4.73. The fraction of sp³-hybridized carbons (Fsp3) is 0.235. The predicted molar refractivity (Wildman–Crippen MR) is 80.2 cm³/mol. The Morgan fingerprint density at radius 3 is 1.70 bits per heavy atom. The summed E-state index contributed by atoms with van der Waals surface area (Å²) >= 11 is 0. The second-order valence-electron chi connectivity index (χ2n) is 5.30. The minimum atomic E-state index is -1.29. The van der Waals surface area contributed by atoms with Crippen molar-refractivity contribution in [2.24, 2.45) is 0 Å². The summed E-state index contributed by atoms with van der Waals surface area (Å²) in [7, 11) is 0. The van der Waals surface area contributed by atoms with E-state index in [0.717, 1.165) is 0 Å². The molecule has 0 aliphatic heterocycles. The zero-order valence-electron chi connectivity index (χ0n) is 12.0. The molecule has 0 atom stereocenters. The smallest absolute Gasteiger partial charge is 0.449 e. The minimum absolute atomic E-state index is 0.293. The van der Waals surface area contributed by atoms with E-state index >= 15 is 0 Å². The molecule has 0 aliphatic rings. The van der Waals surface area contributed by atoms with E-state index in [0.29, 0.717) is 11.2 Å². The van der Waals surface area contributed by atoms with Crippen LogP contribution in [0.2, 0.25) is 0 Å². The highest BCUT2D eigenvalue weighted by atomic mass is 16.7. The summed E-state index contributed by atoms with van der Waals surface area (Å²) in [6, 6.07) is 18.9. The van der Waals surface area contributed by atoms with Gasteiger partial charge in [-0.2, -0.15) is 0 Å². The van der Waals surface area contributed by atoms with Crippen LogP contribution in [0, 0.1) is 0 Å². The number of hydrogen-bond donors (Lipinski definition) is 1. The van der Waals surface area contributed by atoms with E-state index in [4.69, 9.17) is 5.11 Å². The maximum Gasteiger partial charge on any atom is 0.511 e. The lowest BCUT2D eigenvalue weighted by Crippen LogP contribution is -2.10. The summed E-state index contributed by atoms with van der Waals surface area (Å²) in [6.45, 7) is 6.67. The maximum absolute atomic E-state index is 9.95. The summed E-state index contributed by atoms with van der Waals surface area (Å²) in [4.78, 5) is 9.95. The first-order chi connectivity index (χ1) is 9.39. The van der Waals surface area contributed by atoms with Gasteiger partial charge in [-0.05, 0) is 23.1 Å². The van der Waals surface area contributed by atoms with E-state index in [-0.39, 0.29) is 0 Å². The molecule has 0 saturated carbocycles. The normalized spacial score (nSPS) is 10.2. The fourth-order valence-electron chi connectivity index (χ4n) is 1.53. The molecule has 0 fully saturated rings. The van der Waals surface area contributed by atoms with Gasteiger partial charge in [0, 0.05) is 0 Å². The van der Waals surface area contributed by atoms with Crippen molar-refractivity contribution < 1.29 is 14.6 Å². The largest absolute Gasteiger partial charge is 0.511 e. The first-order valence-corrected chi connectivity index (χ1v) is 6.41. The average Bonchev–Trinajstić information content (AvgIpc) is 2.40. The minimum Gasteiger partial charge on any atom is -0.449 e. The summed E-state index contributed by atoms with van der Waals surface area (Å²) < 4.78 is 4.33. The van der Waals surface area contributed by atoms with Crippen LogP contribution in [0.3, 0.4) is 0 Å². The fourth-order valence-corrected chi connectivity index (χ4v) is 1.53. The lowest BCUT2D eigenvalue weighted by molar-refractivity contribution is 0.144. The molecule has 3 nitrogen and oxygen atoms in total. The van der Waals surface area contributed by atoms with Gasteiger partial charge in [0.15, 0.2) is 0 Å². The Hall–Kier alpha value is -2.29. The molecule has 2 rings (SSSR count). The molecule has 2 aromatic rings. The molecule has 0 saturated heterocycles. The van der Waals surface area contributed by atoms with Crippen LogP contribution < -0.4 is 4.74 Å². The first-order valence-electron chi connectivity index (χ1n) is 6.41. The number of carbonyl (C=O) groups is 1. The van der Waals surface area contributed by atoms with E-state index in [9.17, 15) is 4.79 Å². The second-order valence-corrected chi connectivity index (χ2v) is 5.30. The van der Waals surface area contributed by atoms with Crippen LogP contribution in [0.25, 0.3) is 0 Å². The molecule has 1 N–H and O–H groups in total. The number of hydrogen-bond acceptors (Lipinski definition) is 2. The number of carboxylic acid groups (broad SMARTS) is 1. The molecule has 0 aliphatic carbocycles. The van der Waals surface area contributed by atoms with E-state index in [1.165, 1.54) is 5.56 Å². The van der Waals surface area contributed by atoms with Gasteiger partial charge in [0.25, 0.3) is 0 Å². The van der Waals surface area contributed by atoms with Gasteiger partial charge in [-0.1, -0.05) is 69.3 Å². The third kappa shape index (κ3) is 6.05. The molecular weight excluding hydrogens is 252 g/mol. The Balaban J connectivity index is 0.000000200. The number of rotatable bonds is 1. The molecule has 106 valence electrons. The van der Waals surface area contributed by atoms with Gasteiger partial charge in [0.05, 0.1) is 0 Å². The van der Waals surface area contributed by atoms with Crippen LogP contribution in [0.15, 0.2) is 60.7 Å². The van der Waals surface area contributed by atoms with Gasteiger partial charge in [-0.3, -0.25) is 0 Å². The van der Waals surface area contributed by atoms with Crippen molar-refractivity contribution in [2.75, 3.05) is 0 Å². The van der Waals surface area contributed by atoms with Crippen molar-refractivity contribution in [2.45, 2.75) is 26.2 Å². The molecule has 20 heavy (non-hydrogen) atoms.